The van der Waals surface area contributed by atoms with E-state index in [0.29, 0.717) is 5.76 Å². The smallest absolute Gasteiger partial charge is 0.321 e. The number of carbonyl (C=O) groups excluding carboxylic acids is 2. The van der Waals surface area contributed by atoms with Crippen molar-refractivity contribution in [3.8, 4) is 0 Å². The van der Waals surface area contributed by atoms with Crippen LogP contribution in [0.25, 0.3) is 0 Å². The minimum absolute atomic E-state index is 0.0260. The second kappa shape index (κ2) is 7.99. The first kappa shape index (κ1) is 15.8. The highest BCUT2D eigenvalue weighted by molar-refractivity contribution is 5.95. The van der Waals surface area contributed by atoms with Gasteiger partial charge in [0.15, 0.2) is 0 Å². The predicted molar refractivity (Wildman–Crippen MR) is 81.9 cm³/mol. The highest BCUT2D eigenvalue weighted by Gasteiger charge is 2.10. The molecule has 1 atom stereocenters. The summed E-state index contributed by atoms with van der Waals surface area (Å²) >= 11 is 0. The summed E-state index contributed by atoms with van der Waals surface area (Å²) in [6.45, 7) is 2.25. The lowest BCUT2D eigenvalue weighted by atomic mass is 10.1. The molecule has 6 nitrogen and oxygen atoms in total. The van der Waals surface area contributed by atoms with Gasteiger partial charge in [-0.1, -0.05) is 30.3 Å². The molecule has 1 aromatic carbocycles. The van der Waals surface area contributed by atoms with Crippen molar-refractivity contribution in [1.82, 2.24) is 16.0 Å². The van der Waals surface area contributed by atoms with Crippen molar-refractivity contribution in [2.24, 2.45) is 0 Å². The Labute approximate surface area is 128 Å². The molecular weight excluding hydrogens is 282 g/mol. The van der Waals surface area contributed by atoms with Crippen molar-refractivity contribution in [2.45, 2.75) is 19.5 Å². The molecule has 0 spiro atoms. The first-order valence-electron chi connectivity index (χ1n) is 7.03. The Bertz CT molecular complexity index is 596. The number of benzene rings is 1. The van der Waals surface area contributed by atoms with Gasteiger partial charge in [-0.05, 0) is 24.6 Å². The number of rotatable bonds is 6. The molecule has 1 heterocycles. The summed E-state index contributed by atoms with van der Waals surface area (Å²) in [6.07, 6.45) is 1.52. The van der Waals surface area contributed by atoms with E-state index in [1.54, 1.807) is 12.1 Å². The number of carbonyl (C=O) groups is 2. The maximum absolute atomic E-state index is 11.7. The highest BCUT2D eigenvalue weighted by Crippen LogP contribution is 2.10. The summed E-state index contributed by atoms with van der Waals surface area (Å²) in [4.78, 5) is 23.2. The van der Waals surface area contributed by atoms with Crippen molar-refractivity contribution in [1.29, 1.82) is 0 Å². The summed E-state index contributed by atoms with van der Waals surface area (Å²) in [5, 5.41) is 7.86. The maximum Gasteiger partial charge on any atom is 0.321 e. The first-order valence-corrected chi connectivity index (χ1v) is 7.03. The van der Waals surface area contributed by atoms with Gasteiger partial charge in [0.1, 0.15) is 5.76 Å². The van der Waals surface area contributed by atoms with Crippen LogP contribution in [0.2, 0.25) is 0 Å². The molecule has 0 aliphatic carbocycles. The van der Waals surface area contributed by atoms with Crippen molar-refractivity contribution >= 4 is 11.9 Å². The largest absolute Gasteiger partial charge is 0.467 e. The van der Waals surface area contributed by atoms with Crippen LogP contribution >= 0.6 is 0 Å². The summed E-state index contributed by atoms with van der Waals surface area (Å²) in [5.41, 5.74) is 1.08. The summed E-state index contributed by atoms with van der Waals surface area (Å²) in [6, 6.07) is 12.7. The molecule has 0 saturated carbocycles. The fraction of sp³-hybridized carbons (Fsp3) is 0.250. The van der Waals surface area contributed by atoms with E-state index in [2.05, 4.69) is 16.0 Å². The number of nitrogens with one attached hydrogen (secondary N) is 3. The number of hydrogen-bond acceptors (Lipinski definition) is 4. The van der Waals surface area contributed by atoms with Crippen LogP contribution in [0.1, 0.15) is 24.3 Å². The Kier molecular flexibility index (Phi) is 5.73. The van der Waals surface area contributed by atoms with Crippen molar-refractivity contribution < 1.29 is 14.0 Å². The predicted octanol–water partition coefficient (Wildman–Crippen LogP) is 1.96. The van der Waals surface area contributed by atoms with Gasteiger partial charge in [-0.15, -0.1) is 0 Å². The van der Waals surface area contributed by atoms with Gasteiger partial charge in [0.2, 0.25) is 5.91 Å². The third kappa shape index (κ3) is 5.06. The quantitative estimate of drug-likeness (QED) is 0.761. The van der Waals surface area contributed by atoms with Crippen LogP contribution in [0.3, 0.4) is 0 Å². The van der Waals surface area contributed by atoms with Crippen molar-refractivity contribution in [3.05, 3.63) is 60.1 Å². The Morgan fingerprint density at radius 1 is 1.14 bits per heavy atom. The first-order chi connectivity index (χ1) is 10.6. The van der Waals surface area contributed by atoms with Gasteiger partial charge in [0, 0.05) is 6.04 Å². The molecule has 2 aromatic rings. The second-order valence-electron chi connectivity index (χ2n) is 4.82. The van der Waals surface area contributed by atoms with Gasteiger partial charge in [-0.3, -0.25) is 10.1 Å². The van der Waals surface area contributed by atoms with Crippen LogP contribution in [-0.2, 0) is 11.3 Å². The summed E-state index contributed by atoms with van der Waals surface area (Å²) in [5.74, 6) is 0.234. The average Bonchev–Trinajstić information content (AvgIpc) is 3.05. The Hall–Kier alpha value is -2.60. The monoisotopic (exact) mass is 301 g/mol. The van der Waals surface area contributed by atoms with E-state index < -0.39 is 6.03 Å². The van der Waals surface area contributed by atoms with E-state index in [1.807, 2.05) is 37.3 Å². The van der Waals surface area contributed by atoms with Crippen LogP contribution < -0.4 is 16.0 Å². The molecule has 0 saturated heterocycles. The van der Waals surface area contributed by atoms with E-state index in [-0.39, 0.29) is 25.0 Å². The molecule has 0 radical (unpaired) electrons. The van der Waals surface area contributed by atoms with Crippen LogP contribution in [0.4, 0.5) is 4.79 Å². The van der Waals surface area contributed by atoms with Crippen molar-refractivity contribution in [2.75, 3.05) is 6.54 Å². The van der Waals surface area contributed by atoms with Crippen molar-refractivity contribution in [3.63, 3.8) is 0 Å². The number of imide groups is 1. The zero-order valence-electron chi connectivity index (χ0n) is 12.3. The number of furan rings is 1. The number of hydrogen-bond donors (Lipinski definition) is 3. The molecule has 2 rings (SSSR count). The number of amides is 3. The molecule has 0 bridgehead atoms. The molecule has 0 fully saturated rings. The molecule has 3 amide bonds. The van der Waals surface area contributed by atoms with E-state index in [4.69, 9.17) is 4.42 Å². The molecule has 22 heavy (non-hydrogen) atoms. The topological polar surface area (TPSA) is 83.4 Å². The lowest BCUT2D eigenvalue weighted by molar-refractivity contribution is -0.119. The van der Waals surface area contributed by atoms with Gasteiger partial charge in [0.25, 0.3) is 0 Å². The second-order valence-corrected chi connectivity index (χ2v) is 4.82. The number of urea groups is 1. The zero-order valence-corrected chi connectivity index (χ0v) is 12.3. The molecular formula is C16H19N3O3. The third-order valence-electron chi connectivity index (χ3n) is 3.12. The van der Waals surface area contributed by atoms with Gasteiger partial charge >= 0.3 is 6.03 Å². The molecule has 0 aliphatic heterocycles. The van der Waals surface area contributed by atoms with Crippen LogP contribution in [0.5, 0.6) is 0 Å². The van der Waals surface area contributed by atoms with Crippen LogP contribution in [-0.4, -0.2) is 18.5 Å². The minimum atomic E-state index is -0.546. The SMILES string of the molecule is CC(NCC(=O)NC(=O)NCc1ccco1)c1ccccc1. The molecule has 116 valence electrons. The minimum Gasteiger partial charge on any atom is -0.467 e. The fourth-order valence-electron chi connectivity index (χ4n) is 1.90. The lowest BCUT2D eigenvalue weighted by Crippen LogP contribution is -2.43. The van der Waals surface area contributed by atoms with Crippen LogP contribution in [0, 0.1) is 0 Å². The van der Waals surface area contributed by atoms with Gasteiger partial charge < -0.3 is 15.1 Å². The Morgan fingerprint density at radius 2 is 1.91 bits per heavy atom. The molecule has 1 aromatic heterocycles. The van der Waals surface area contributed by atoms with E-state index in [0.717, 1.165) is 5.56 Å². The fourth-order valence-corrected chi connectivity index (χ4v) is 1.90. The molecule has 1 unspecified atom stereocenters. The maximum atomic E-state index is 11.7. The molecule has 6 heteroatoms. The zero-order chi connectivity index (χ0) is 15.8. The van der Waals surface area contributed by atoms with E-state index in [9.17, 15) is 9.59 Å². The Morgan fingerprint density at radius 3 is 2.59 bits per heavy atom. The van der Waals surface area contributed by atoms with Crippen LogP contribution in [0.15, 0.2) is 53.1 Å². The van der Waals surface area contributed by atoms with Gasteiger partial charge in [0.05, 0.1) is 19.4 Å². The highest BCUT2D eigenvalue weighted by atomic mass is 16.3. The normalized spacial score (nSPS) is 11.7. The van der Waals surface area contributed by atoms with E-state index >= 15 is 0 Å². The molecule has 3 N–H and O–H groups in total. The Balaban J connectivity index is 1.68. The molecule has 0 aliphatic rings. The van der Waals surface area contributed by atoms with E-state index in [1.165, 1.54) is 6.26 Å². The summed E-state index contributed by atoms with van der Waals surface area (Å²) < 4.78 is 5.08. The average molecular weight is 301 g/mol. The standard InChI is InChI=1S/C16H19N3O3/c1-12(13-6-3-2-4-7-13)17-11-15(20)19-16(21)18-10-14-8-5-9-22-14/h2-9,12,17H,10-11H2,1H3,(H2,18,19,20,21). The summed E-state index contributed by atoms with van der Waals surface area (Å²) in [7, 11) is 0. The van der Waals surface area contributed by atoms with Gasteiger partial charge in [-0.2, -0.15) is 0 Å². The van der Waals surface area contributed by atoms with Gasteiger partial charge in [-0.25, -0.2) is 4.79 Å². The lowest BCUT2D eigenvalue weighted by Gasteiger charge is -2.13. The third-order valence-corrected chi connectivity index (χ3v) is 3.12.